The molecule has 1 aromatic carbocycles. The second-order valence-electron chi connectivity index (χ2n) is 3.43. The molecule has 2 rings (SSSR count). The lowest BCUT2D eigenvalue weighted by atomic mass is 9.75. The Morgan fingerprint density at radius 2 is 2.13 bits per heavy atom. The van der Waals surface area contributed by atoms with Crippen molar-refractivity contribution in [3.63, 3.8) is 0 Å². The van der Waals surface area contributed by atoms with Gasteiger partial charge in [0.2, 0.25) is 0 Å². The van der Waals surface area contributed by atoms with E-state index < -0.39 is 7.12 Å². The molecule has 0 aliphatic carbocycles. The maximum atomic E-state index is 9.21. The molecule has 0 fully saturated rings. The van der Waals surface area contributed by atoms with E-state index in [1.54, 1.807) is 12.1 Å². The molecular formula is C10H12BNO3. The summed E-state index contributed by atoms with van der Waals surface area (Å²) in [6.45, 7) is 0.615. The molecule has 78 valence electrons. The molecule has 0 radical (unpaired) electrons. The summed E-state index contributed by atoms with van der Waals surface area (Å²) >= 11 is 0. The highest BCUT2D eigenvalue weighted by Crippen LogP contribution is 2.21. The van der Waals surface area contributed by atoms with Crippen LogP contribution in [0, 0.1) is 0 Å². The van der Waals surface area contributed by atoms with Gasteiger partial charge in [0.1, 0.15) is 0 Å². The average molecular weight is 205 g/mol. The smallest absolute Gasteiger partial charge is 0.483 e. The van der Waals surface area contributed by atoms with Gasteiger partial charge in [-0.3, -0.25) is 4.99 Å². The van der Waals surface area contributed by atoms with Crippen molar-refractivity contribution in [2.24, 2.45) is 4.99 Å². The summed E-state index contributed by atoms with van der Waals surface area (Å²) in [6.07, 6.45) is 2.19. The van der Waals surface area contributed by atoms with Crippen molar-refractivity contribution in [1.29, 1.82) is 0 Å². The van der Waals surface area contributed by atoms with Crippen LogP contribution in [0.15, 0.2) is 29.3 Å². The number of rotatable bonds is 2. The monoisotopic (exact) mass is 205 g/mol. The van der Waals surface area contributed by atoms with Gasteiger partial charge in [0.05, 0.1) is 12.6 Å². The minimum absolute atomic E-state index is 0.0308. The summed E-state index contributed by atoms with van der Waals surface area (Å²) in [6, 6.07) is 7.18. The van der Waals surface area contributed by atoms with Crippen LogP contribution in [-0.4, -0.2) is 30.2 Å². The third-order valence-electron chi connectivity index (χ3n) is 2.46. The third-order valence-corrected chi connectivity index (χ3v) is 2.46. The molecule has 1 aromatic rings. The van der Waals surface area contributed by atoms with Crippen LogP contribution in [0.1, 0.15) is 18.0 Å². The van der Waals surface area contributed by atoms with Gasteiger partial charge in [-0.05, 0) is 11.0 Å². The molecular weight excluding hydrogens is 193 g/mol. The minimum Gasteiger partial charge on any atom is -0.483 e. The van der Waals surface area contributed by atoms with Crippen LogP contribution < -0.4 is 5.46 Å². The van der Waals surface area contributed by atoms with Gasteiger partial charge < -0.3 is 14.8 Å². The van der Waals surface area contributed by atoms with E-state index >= 15 is 0 Å². The number of hydrogen-bond acceptors (Lipinski definition) is 4. The standard InChI is InChI=1S/C10H12BNO3/c13-11(14)9-4-2-1-3-8(9)10-5-6-15-7-12-10/h1-4,7,10,13-14H,5-6H2. The fraction of sp³-hybridized carbons (Fsp3) is 0.300. The van der Waals surface area contributed by atoms with Crippen LogP contribution in [0.4, 0.5) is 0 Å². The lowest BCUT2D eigenvalue weighted by molar-refractivity contribution is 0.276. The number of nitrogens with zero attached hydrogens (tertiary/aromatic N) is 1. The van der Waals surface area contributed by atoms with E-state index in [0.29, 0.717) is 12.1 Å². The van der Waals surface area contributed by atoms with Crippen LogP contribution in [-0.2, 0) is 4.74 Å². The van der Waals surface area contributed by atoms with Crippen LogP contribution in [0.2, 0.25) is 0 Å². The van der Waals surface area contributed by atoms with Crippen molar-refractivity contribution in [1.82, 2.24) is 0 Å². The van der Waals surface area contributed by atoms with Crippen LogP contribution >= 0.6 is 0 Å². The minimum atomic E-state index is -1.45. The van der Waals surface area contributed by atoms with Crippen LogP contribution in [0.3, 0.4) is 0 Å². The SMILES string of the molecule is OB(O)c1ccccc1C1CCOC=N1. The molecule has 0 bridgehead atoms. The van der Waals surface area contributed by atoms with Gasteiger partial charge in [-0.15, -0.1) is 0 Å². The van der Waals surface area contributed by atoms with Crippen molar-refractivity contribution in [2.75, 3.05) is 6.61 Å². The van der Waals surface area contributed by atoms with E-state index in [0.717, 1.165) is 12.0 Å². The first-order chi connectivity index (χ1) is 7.29. The van der Waals surface area contributed by atoms with Gasteiger partial charge in [0.25, 0.3) is 0 Å². The molecule has 0 aromatic heterocycles. The summed E-state index contributed by atoms with van der Waals surface area (Å²) in [5.41, 5.74) is 1.37. The van der Waals surface area contributed by atoms with Gasteiger partial charge in [0.15, 0.2) is 6.40 Å². The van der Waals surface area contributed by atoms with E-state index in [9.17, 15) is 10.0 Å². The Morgan fingerprint density at radius 1 is 1.33 bits per heavy atom. The highest BCUT2D eigenvalue weighted by Gasteiger charge is 2.21. The Morgan fingerprint density at radius 3 is 2.80 bits per heavy atom. The van der Waals surface area contributed by atoms with Crippen molar-refractivity contribution in [3.8, 4) is 0 Å². The molecule has 1 aliphatic heterocycles. The van der Waals surface area contributed by atoms with Gasteiger partial charge in [-0.2, -0.15) is 0 Å². The second-order valence-corrected chi connectivity index (χ2v) is 3.43. The topological polar surface area (TPSA) is 62.0 Å². The Kier molecular flexibility index (Phi) is 3.04. The summed E-state index contributed by atoms with van der Waals surface area (Å²) in [7, 11) is -1.45. The van der Waals surface area contributed by atoms with Gasteiger partial charge in [-0.25, -0.2) is 0 Å². The zero-order chi connectivity index (χ0) is 10.7. The Hall–Kier alpha value is -1.33. The number of aliphatic imine (C=N–C) groups is 1. The first-order valence-corrected chi connectivity index (χ1v) is 4.87. The quantitative estimate of drug-likeness (QED) is 0.660. The zero-order valence-corrected chi connectivity index (χ0v) is 8.21. The molecule has 1 atom stereocenters. The second kappa shape index (κ2) is 4.46. The lowest BCUT2D eigenvalue weighted by Crippen LogP contribution is -2.34. The Bertz CT molecular complexity index is 367. The fourth-order valence-electron chi connectivity index (χ4n) is 1.71. The largest absolute Gasteiger partial charge is 0.488 e. The van der Waals surface area contributed by atoms with Crippen molar-refractivity contribution in [2.45, 2.75) is 12.5 Å². The van der Waals surface area contributed by atoms with Crippen molar-refractivity contribution >= 4 is 19.0 Å². The van der Waals surface area contributed by atoms with E-state index in [2.05, 4.69) is 4.99 Å². The predicted molar refractivity (Wildman–Crippen MR) is 58.1 cm³/mol. The van der Waals surface area contributed by atoms with E-state index in [1.165, 1.54) is 6.40 Å². The van der Waals surface area contributed by atoms with Gasteiger partial charge in [-0.1, -0.05) is 24.3 Å². The average Bonchev–Trinajstić information content (AvgIpc) is 2.30. The number of hydrogen-bond donors (Lipinski definition) is 2. The van der Waals surface area contributed by atoms with Crippen molar-refractivity contribution < 1.29 is 14.8 Å². The molecule has 1 unspecified atom stereocenters. The molecule has 0 saturated carbocycles. The predicted octanol–water partition coefficient (Wildman–Crippen LogP) is -0.144. The lowest BCUT2D eigenvalue weighted by Gasteiger charge is -2.19. The molecule has 2 N–H and O–H groups in total. The number of ether oxygens (including phenoxy) is 1. The first-order valence-electron chi connectivity index (χ1n) is 4.87. The highest BCUT2D eigenvalue weighted by molar-refractivity contribution is 6.59. The van der Waals surface area contributed by atoms with E-state index in [-0.39, 0.29) is 6.04 Å². The summed E-state index contributed by atoms with van der Waals surface area (Å²) in [5, 5.41) is 18.4. The molecule has 0 amide bonds. The molecule has 0 saturated heterocycles. The van der Waals surface area contributed by atoms with Crippen LogP contribution in [0.5, 0.6) is 0 Å². The fourth-order valence-corrected chi connectivity index (χ4v) is 1.71. The summed E-state index contributed by atoms with van der Waals surface area (Å²) in [5.74, 6) is 0. The molecule has 1 aliphatic rings. The Labute approximate surface area is 88.4 Å². The van der Waals surface area contributed by atoms with E-state index in [4.69, 9.17) is 4.74 Å². The zero-order valence-electron chi connectivity index (χ0n) is 8.21. The Balaban J connectivity index is 2.33. The summed E-state index contributed by atoms with van der Waals surface area (Å²) in [4.78, 5) is 4.17. The van der Waals surface area contributed by atoms with Gasteiger partial charge in [0, 0.05) is 6.42 Å². The number of benzene rings is 1. The first kappa shape index (κ1) is 10.2. The maximum Gasteiger partial charge on any atom is 0.488 e. The molecule has 1 heterocycles. The van der Waals surface area contributed by atoms with Gasteiger partial charge >= 0.3 is 7.12 Å². The third kappa shape index (κ3) is 2.19. The molecule has 4 nitrogen and oxygen atoms in total. The molecule has 0 spiro atoms. The van der Waals surface area contributed by atoms with Crippen LogP contribution in [0.25, 0.3) is 0 Å². The normalized spacial score (nSPS) is 19.7. The maximum absolute atomic E-state index is 9.21. The summed E-state index contributed by atoms with van der Waals surface area (Å²) < 4.78 is 5.00. The van der Waals surface area contributed by atoms with E-state index in [1.807, 2.05) is 12.1 Å². The van der Waals surface area contributed by atoms with Crippen molar-refractivity contribution in [3.05, 3.63) is 29.8 Å². The highest BCUT2D eigenvalue weighted by atomic mass is 16.5. The molecule has 5 heteroatoms. The molecule has 15 heavy (non-hydrogen) atoms.